The average Bonchev–Trinajstić information content (AvgIpc) is 2.47. The second kappa shape index (κ2) is 9.64. The average molecular weight is 302 g/mol. The second-order valence-electron chi connectivity index (χ2n) is 5.66. The van der Waals surface area contributed by atoms with Gasteiger partial charge in [0.2, 0.25) is 5.91 Å². The monoisotopic (exact) mass is 301 g/mol. The number of rotatable bonds is 8. The zero-order valence-corrected chi connectivity index (χ0v) is 14.1. The van der Waals surface area contributed by atoms with E-state index in [4.69, 9.17) is 5.73 Å². The number of nitrogens with two attached hydrogens (primary N) is 1. The van der Waals surface area contributed by atoms with Gasteiger partial charge in [-0.3, -0.25) is 4.79 Å². The van der Waals surface area contributed by atoms with Crippen LogP contribution in [0.15, 0.2) is 0 Å². The predicted molar refractivity (Wildman–Crippen MR) is 88.1 cm³/mol. The molecule has 0 bridgehead atoms. The van der Waals surface area contributed by atoms with E-state index in [2.05, 4.69) is 25.7 Å². The van der Waals surface area contributed by atoms with E-state index in [9.17, 15) is 4.79 Å². The topological polar surface area (TPSA) is 49.6 Å². The number of hydrogen-bond donors (Lipinski definition) is 1. The summed E-state index contributed by atoms with van der Waals surface area (Å²) in [5.41, 5.74) is 5.93. The Bertz CT molecular complexity index is 274. The lowest BCUT2D eigenvalue weighted by Crippen LogP contribution is -2.43. The van der Waals surface area contributed by atoms with Crippen LogP contribution in [0, 0.1) is 5.92 Å². The summed E-state index contributed by atoms with van der Waals surface area (Å²) in [6.07, 6.45) is 2.13. The van der Waals surface area contributed by atoms with Crippen LogP contribution >= 0.6 is 11.8 Å². The zero-order valence-electron chi connectivity index (χ0n) is 13.3. The lowest BCUT2D eigenvalue weighted by Gasteiger charge is -2.33. The van der Waals surface area contributed by atoms with Gasteiger partial charge in [0.25, 0.3) is 0 Å². The van der Waals surface area contributed by atoms with Gasteiger partial charge in [0, 0.05) is 31.4 Å². The number of nitrogens with zero attached hydrogens (tertiary/aromatic N) is 2. The lowest BCUT2D eigenvalue weighted by molar-refractivity contribution is -0.129. The van der Waals surface area contributed by atoms with Crippen LogP contribution in [0.3, 0.4) is 0 Å². The number of hydrogen-bond acceptors (Lipinski definition) is 4. The van der Waals surface area contributed by atoms with E-state index < -0.39 is 0 Å². The molecule has 20 heavy (non-hydrogen) atoms. The highest BCUT2D eigenvalue weighted by Crippen LogP contribution is 2.20. The first-order valence-corrected chi connectivity index (χ1v) is 9.07. The molecule has 1 amide bonds. The molecule has 1 atom stereocenters. The molecule has 0 aromatic heterocycles. The van der Waals surface area contributed by atoms with Crippen LogP contribution in [0.5, 0.6) is 0 Å². The molecule has 0 aliphatic carbocycles. The number of piperidine rings is 1. The van der Waals surface area contributed by atoms with Crippen molar-refractivity contribution in [3.63, 3.8) is 0 Å². The van der Waals surface area contributed by atoms with E-state index in [0.29, 0.717) is 17.6 Å². The Balaban J connectivity index is 2.14. The van der Waals surface area contributed by atoms with E-state index in [1.807, 2.05) is 4.90 Å². The summed E-state index contributed by atoms with van der Waals surface area (Å²) in [7, 11) is 0. The van der Waals surface area contributed by atoms with Gasteiger partial charge in [-0.2, -0.15) is 11.8 Å². The van der Waals surface area contributed by atoms with Crippen molar-refractivity contribution in [2.45, 2.75) is 39.7 Å². The molecule has 1 aliphatic rings. The highest BCUT2D eigenvalue weighted by atomic mass is 32.2. The van der Waals surface area contributed by atoms with Crippen molar-refractivity contribution in [1.29, 1.82) is 0 Å². The summed E-state index contributed by atoms with van der Waals surface area (Å²) in [6.45, 7) is 11.5. The molecule has 1 saturated heterocycles. The van der Waals surface area contributed by atoms with Crippen LogP contribution < -0.4 is 5.73 Å². The molecule has 1 heterocycles. The summed E-state index contributed by atoms with van der Waals surface area (Å²) >= 11 is 1.76. The van der Waals surface area contributed by atoms with Gasteiger partial charge in [0.15, 0.2) is 0 Å². The third kappa shape index (κ3) is 6.02. The molecule has 1 aliphatic heterocycles. The smallest absolute Gasteiger partial charge is 0.232 e. The quantitative estimate of drug-likeness (QED) is 0.693. The maximum atomic E-state index is 12.1. The van der Waals surface area contributed by atoms with Crippen LogP contribution in [0.4, 0.5) is 0 Å². The standard InChI is InChI=1S/C15H31N3OS/c1-4-17(5-2)10-11-20-12-15(19)18-8-6-14(7-9-18)13(3)16/h13-14H,4-12,16H2,1-3H3. The fraction of sp³-hybridized carbons (Fsp3) is 0.933. The van der Waals surface area contributed by atoms with Crippen molar-refractivity contribution in [1.82, 2.24) is 9.80 Å². The molecule has 0 radical (unpaired) electrons. The van der Waals surface area contributed by atoms with Gasteiger partial charge in [0.1, 0.15) is 0 Å². The number of carbonyl (C=O) groups is 1. The van der Waals surface area contributed by atoms with Crippen molar-refractivity contribution < 1.29 is 4.79 Å². The second-order valence-corrected chi connectivity index (χ2v) is 6.76. The van der Waals surface area contributed by atoms with Crippen molar-refractivity contribution in [2.75, 3.05) is 44.2 Å². The third-order valence-electron chi connectivity index (χ3n) is 4.31. The van der Waals surface area contributed by atoms with Crippen molar-refractivity contribution in [3.8, 4) is 0 Å². The molecule has 1 fully saturated rings. The summed E-state index contributed by atoms with van der Waals surface area (Å²) in [6, 6.07) is 0.260. The number of amides is 1. The number of thioether (sulfide) groups is 1. The first-order chi connectivity index (χ1) is 9.58. The van der Waals surface area contributed by atoms with Gasteiger partial charge < -0.3 is 15.5 Å². The SMILES string of the molecule is CCN(CC)CCSCC(=O)N1CCC(C(C)N)CC1. The fourth-order valence-electron chi connectivity index (χ4n) is 2.66. The van der Waals surface area contributed by atoms with Crippen molar-refractivity contribution in [2.24, 2.45) is 11.7 Å². The molecular weight excluding hydrogens is 270 g/mol. The zero-order chi connectivity index (χ0) is 15.0. The first-order valence-electron chi connectivity index (χ1n) is 7.91. The van der Waals surface area contributed by atoms with Crippen LogP contribution in [-0.2, 0) is 4.79 Å². The lowest BCUT2D eigenvalue weighted by atomic mass is 9.91. The molecule has 0 aromatic carbocycles. The largest absolute Gasteiger partial charge is 0.342 e. The molecule has 0 saturated carbocycles. The van der Waals surface area contributed by atoms with Crippen LogP contribution in [0.1, 0.15) is 33.6 Å². The van der Waals surface area contributed by atoms with Gasteiger partial charge in [-0.05, 0) is 38.8 Å². The van der Waals surface area contributed by atoms with Gasteiger partial charge >= 0.3 is 0 Å². The van der Waals surface area contributed by atoms with E-state index in [-0.39, 0.29) is 6.04 Å². The minimum Gasteiger partial charge on any atom is -0.342 e. The summed E-state index contributed by atoms with van der Waals surface area (Å²) in [5, 5.41) is 0. The Morgan fingerprint density at radius 2 is 1.95 bits per heavy atom. The molecule has 0 spiro atoms. The van der Waals surface area contributed by atoms with E-state index >= 15 is 0 Å². The Labute approximate surface area is 128 Å². The van der Waals surface area contributed by atoms with Crippen LogP contribution in [0.2, 0.25) is 0 Å². The third-order valence-corrected chi connectivity index (χ3v) is 5.23. The Hall–Kier alpha value is -0.260. The van der Waals surface area contributed by atoms with Crippen molar-refractivity contribution in [3.05, 3.63) is 0 Å². The van der Waals surface area contributed by atoms with Gasteiger partial charge in [-0.1, -0.05) is 13.8 Å². The molecular formula is C15H31N3OS. The van der Waals surface area contributed by atoms with E-state index in [1.54, 1.807) is 11.8 Å². The highest BCUT2D eigenvalue weighted by molar-refractivity contribution is 7.99. The molecule has 2 N–H and O–H groups in total. The van der Waals surface area contributed by atoms with Crippen LogP contribution in [0.25, 0.3) is 0 Å². The number of likely N-dealkylation sites (tertiary alicyclic amines) is 1. The minimum atomic E-state index is 0.260. The highest BCUT2D eigenvalue weighted by Gasteiger charge is 2.24. The summed E-state index contributed by atoms with van der Waals surface area (Å²) in [5.74, 6) is 2.57. The maximum Gasteiger partial charge on any atom is 0.232 e. The Kier molecular flexibility index (Phi) is 8.57. The Morgan fingerprint density at radius 1 is 1.35 bits per heavy atom. The molecule has 1 unspecified atom stereocenters. The molecule has 5 heteroatoms. The summed E-state index contributed by atoms with van der Waals surface area (Å²) < 4.78 is 0. The predicted octanol–water partition coefficient (Wildman–Crippen LogP) is 1.65. The van der Waals surface area contributed by atoms with Crippen LogP contribution in [-0.4, -0.2) is 66.0 Å². The Morgan fingerprint density at radius 3 is 2.45 bits per heavy atom. The van der Waals surface area contributed by atoms with Gasteiger partial charge in [-0.15, -0.1) is 0 Å². The molecule has 1 rings (SSSR count). The first kappa shape index (κ1) is 17.8. The summed E-state index contributed by atoms with van der Waals surface area (Å²) in [4.78, 5) is 16.5. The van der Waals surface area contributed by atoms with Gasteiger partial charge in [0.05, 0.1) is 5.75 Å². The molecule has 0 aromatic rings. The van der Waals surface area contributed by atoms with Crippen molar-refractivity contribution >= 4 is 17.7 Å². The maximum absolute atomic E-state index is 12.1. The minimum absolute atomic E-state index is 0.260. The molecule has 4 nitrogen and oxygen atoms in total. The fourth-order valence-corrected chi connectivity index (χ4v) is 3.55. The van der Waals surface area contributed by atoms with E-state index in [1.165, 1.54) is 0 Å². The number of carbonyl (C=O) groups excluding carboxylic acids is 1. The van der Waals surface area contributed by atoms with E-state index in [0.717, 1.165) is 51.3 Å². The van der Waals surface area contributed by atoms with Gasteiger partial charge in [-0.25, -0.2) is 0 Å². The normalized spacial score (nSPS) is 18.6. The molecule has 118 valence electrons.